The average molecular weight is 317 g/mol. The SMILES string of the molecule is CC1=CC2=CCC3C(CCC4(C)C(C)C(S)CC34)C2(C)CC1. The van der Waals surface area contributed by atoms with Crippen molar-refractivity contribution in [1.29, 1.82) is 0 Å². The first-order chi connectivity index (χ1) is 10.4. The molecule has 0 aromatic heterocycles. The molecule has 4 aliphatic carbocycles. The minimum Gasteiger partial charge on any atom is -0.176 e. The van der Waals surface area contributed by atoms with Gasteiger partial charge in [-0.15, -0.1) is 0 Å². The third-order valence-electron chi connectivity index (χ3n) is 8.52. The molecule has 7 unspecified atom stereocenters. The Morgan fingerprint density at radius 2 is 1.95 bits per heavy atom. The summed E-state index contributed by atoms with van der Waals surface area (Å²) in [5.41, 5.74) is 4.28. The van der Waals surface area contributed by atoms with E-state index in [4.69, 9.17) is 12.6 Å². The van der Waals surface area contributed by atoms with E-state index in [1.165, 1.54) is 38.5 Å². The summed E-state index contributed by atoms with van der Waals surface area (Å²) in [6.07, 6.45) is 13.4. The fourth-order valence-corrected chi connectivity index (χ4v) is 7.29. The van der Waals surface area contributed by atoms with Gasteiger partial charge < -0.3 is 0 Å². The number of allylic oxidation sites excluding steroid dienone is 4. The van der Waals surface area contributed by atoms with Gasteiger partial charge in [-0.2, -0.15) is 12.6 Å². The largest absolute Gasteiger partial charge is 0.176 e. The molecule has 22 heavy (non-hydrogen) atoms. The maximum atomic E-state index is 4.95. The minimum atomic E-state index is 0.460. The number of hydrogen-bond acceptors (Lipinski definition) is 1. The van der Waals surface area contributed by atoms with E-state index < -0.39 is 0 Å². The van der Waals surface area contributed by atoms with Gasteiger partial charge in [-0.25, -0.2) is 0 Å². The Morgan fingerprint density at radius 3 is 2.73 bits per heavy atom. The van der Waals surface area contributed by atoms with Crippen LogP contribution < -0.4 is 0 Å². The van der Waals surface area contributed by atoms with Crippen LogP contribution in [0.15, 0.2) is 23.3 Å². The molecule has 2 fully saturated rings. The zero-order chi connectivity index (χ0) is 15.7. The Kier molecular flexibility index (Phi) is 3.43. The third kappa shape index (κ3) is 1.90. The van der Waals surface area contributed by atoms with Gasteiger partial charge in [-0.1, -0.05) is 38.5 Å². The molecule has 1 heteroatoms. The molecular formula is C21H32S. The molecule has 0 aromatic rings. The lowest BCUT2D eigenvalue weighted by Gasteiger charge is -2.57. The highest BCUT2D eigenvalue weighted by molar-refractivity contribution is 7.81. The summed E-state index contributed by atoms with van der Waals surface area (Å²) in [6.45, 7) is 9.95. The van der Waals surface area contributed by atoms with Gasteiger partial charge in [0, 0.05) is 5.25 Å². The molecule has 4 aliphatic rings. The van der Waals surface area contributed by atoms with Crippen LogP contribution in [0.4, 0.5) is 0 Å². The summed E-state index contributed by atoms with van der Waals surface area (Å²) in [6, 6.07) is 0. The van der Waals surface area contributed by atoms with Crippen molar-refractivity contribution >= 4 is 12.6 Å². The number of hydrogen-bond donors (Lipinski definition) is 1. The molecule has 0 heterocycles. The van der Waals surface area contributed by atoms with Crippen molar-refractivity contribution in [1.82, 2.24) is 0 Å². The minimum absolute atomic E-state index is 0.460. The molecule has 4 rings (SSSR count). The maximum absolute atomic E-state index is 4.95. The molecule has 2 saturated carbocycles. The summed E-state index contributed by atoms with van der Waals surface area (Å²) in [7, 11) is 0. The summed E-state index contributed by atoms with van der Waals surface area (Å²) in [5, 5.41) is 0.625. The Morgan fingerprint density at radius 1 is 1.18 bits per heavy atom. The fourth-order valence-electron chi connectivity index (χ4n) is 6.73. The third-order valence-corrected chi connectivity index (χ3v) is 9.17. The lowest BCUT2D eigenvalue weighted by Crippen LogP contribution is -2.48. The van der Waals surface area contributed by atoms with E-state index in [9.17, 15) is 0 Å². The molecule has 0 nitrogen and oxygen atoms in total. The molecule has 0 saturated heterocycles. The van der Waals surface area contributed by atoms with E-state index in [2.05, 4.69) is 39.8 Å². The van der Waals surface area contributed by atoms with E-state index in [0.29, 0.717) is 16.1 Å². The van der Waals surface area contributed by atoms with Crippen LogP contribution in [0.5, 0.6) is 0 Å². The van der Waals surface area contributed by atoms with Gasteiger partial charge in [-0.05, 0) is 85.5 Å². The van der Waals surface area contributed by atoms with Gasteiger partial charge in [0.05, 0.1) is 0 Å². The first-order valence-electron chi connectivity index (χ1n) is 9.42. The first kappa shape index (κ1) is 15.4. The molecule has 0 amide bonds. The van der Waals surface area contributed by atoms with Crippen LogP contribution in [0.1, 0.15) is 66.2 Å². The van der Waals surface area contributed by atoms with Crippen LogP contribution in [0.25, 0.3) is 0 Å². The molecule has 7 atom stereocenters. The topological polar surface area (TPSA) is 0 Å². The lowest BCUT2D eigenvalue weighted by molar-refractivity contribution is -0.0328. The van der Waals surface area contributed by atoms with Crippen LogP contribution >= 0.6 is 12.6 Å². The molecule has 0 spiro atoms. The zero-order valence-corrected chi connectivity index (χ0v) is 15.6. The summed E-state index contributed by atoms with van der Waals surface area (Å²) >= 11 is 4.95. The van der Waals surface area contributed by atoms with E-state index in [1.54, 1.807) is 11.1 Å². The maximum Gasteiger partial charge on any atom is 0.00506 e. The molecule has 0 radical (unpaired) electrons. The second kappa shape index (κ2) is 4.91. The van der Waals surface area contributed by atoms with Crippen molar-refractivity contribution in [3.8, 4) is 0 Å². The number of thiol groups is 1. The monoisotopic (exact) mass is 316 g/mol. The predicted octanol–water partition coefficient (Wildman–Crippen LogP) is 6.05. The van der Waals surface area contributed by atoms with Crippen molar-refractivity contribution in [2.45, 2.75) is 71.5 Å². The normalized spacial score (nSPS) is 54.0. The molecule has 0 aliphatic heterocycles. The highest BCUT2D eigenvalue weighted by Crippen LogP contribution is 2.66. The highest BCUT2D eigenvalue weighted by atomic mass is 32.1. The standard InChI is InChI=1S/C21H32S/c1-13-7-9-21(4)15(11-13)5-6-16-17(21)8-10-20(3)14(2)19(22)12-18(16)20/h5,11,14,16-19,22H,6-10,12H2,1-4H3. The van der Waals surface area contributed by atoms with Gasteiger partial charge in [0.1, 0.15) is 0 Å². The summed E-state index contributed by atoms with van der Waals surface area (Å²) in [4.78, 5) is 0. The van der Waals surface area contributed by atoms with E-state index in [1.807, 2.05) is 0 Å². The molecule has 0 N–H and O–H groups in total. The van der Waals surface area contributed by atoms with E-state index in [-0.39, 0.29) is 0 Å². The van der Waals surface area contributed by atoms with Gasteiger partial charge >= 0.3 is 0 Å². The quantitative estimate of drug-likeness (QED) is 0.517. The van der Waals surface area contributed by atoms with Crippen molar-refractivity contribution in [2.75, 3.05) is 0 Å². The van der Waals surface area contributed by atoms with Crippen LogP contribution in [-0.2, 0) is 0 Å². The van der Waals surface area contributed by atoms with Crippen LogP contribution in [0, 0.1) is 34.5 Å². The fraction of sp³-hybridized carbons (Fsp3) is 0.810. The molecule has 0 aromatic carbocycles. The zero-order valence-electron chi connectivity index (χ0n) is 14.7. The molecule has 0 bridgehead atoms. The van der Waals surface area contributed by atoms with E-state index in [0.717, 1.165) is 23.7 Å². The van der Waals surface area contributed by atoms with Crippen molar-refractivity contribution in [3.63, 3.8) is 0 Å². The van der Waals surface area contributed by atoms with Crippen LogP contribution in [0.2, 0.25) is 0 Å². The van der Waals surface area contributed by atoms with Crippen molar-refractivity contribution in [3.05, 3.63) is 23.3 Å². The molecule has 122 valence electrons. The number of rotatable bonds is 0. The van der Waals surface area contributed by atoms with Gasteiger partial charge in [0.25, 0.3) is 0 Å². The summed E-state index contributed by atoms with van der Waals surface area (Å²) < 4.78 is 0. The van der Waals surface area contributed by atoms with Gasteiger partial charge in [0.2, 0.25) is 0 Å². The predicted molar refractivity (Wildman–Crippen MR) is 98.2 cm³/mol. The Bertz CT molecular complexity index is 544. The van der Waals surface area contributed by atoms with E-state index >= 15 is 0 Å². The average Bonchev–Trinajstić information content (AvgIpc) is 2.72. The second-order valence-electron chi connectivity index (χ2n) is 9.32. The Hall–Kier alpha value is -0.170. The van der Waals surface area contributed by atoms with Gasteiger partial charge in [0.15, 0.2) is 0 Å². The Labute approximate surface area is 142 Å². The van der Waals surface area contributed by atoms with Crippen molar-refractivity contribution < 1.29 is 0 Å². The van der Waals surface area contributed by atoms with Crippen molar-refractivity contribution in [2.24, 2.45) is 34.5 Å². The lowest BCUT2D eigenvalue weighted by atomic mass is 9.48. The number of fused-ring (bicyclic) bond motifs is 5. The smallest absolute Gasteiger partial charge is 0.00506 e. The second-order valence-corrected chi connectivity index (χ2v) is 9.98. The van der Waals surface area contributed by atoms with Crippen LogP contribution in [-0.4, -0.2) is 5.25 Å². The molecular weight excluding hydrogens is 284 g/mol. The van der Waals surface area contributed by atoms with Gasteiger partial charge in [-0.3, -0.25) is 0 Å². The highest BCUT2D eigenvalue weighted by Gasteiger charge is 2.58. The first-order valence-corrected chi connectivity index (χ1v) is 9.94. The summed E-state index contributed by atoms with van der Waals surface area (Å²) in [5.74, 6) is 3.53. The Balaban J connectivity index is 1.72. The van der Waals surface area contributed by atoms with Crippen LogP contribution in [0.3, 0.4) is 0 Å².